The normalized spacial score (nSPS) is 12.5. The SMILES string of the molecule is O.O=S([O-])c1cccc2c(S(=O)[O-])cccc12.[Na+].[Na+]. The molecular weight excluding hydrogens is 310 g/mol. The van der Waals surface area contributed by atoms with Crippen LogP contribution in [-0.4, -0.2) is 23.0 Å². The molecule has 0 fully saturated rings. The van der Waals surface area contributed by atoms with Crippen LogP contribution in [0.15, 0.2) is 46.2 Å². The average molecular weight is 318 g/mol. The Morgan fingerprint density at radius 2 is 1.05 bits per heavy atom. The zero-order valence-corrected chi connectivity index (χ0v) is 16.0. The van der Waals surface area contributed by atoms with Crippen LogP contribution in [0.4, 0.5) is 0 Å². The molecule has 2 unspecified atom stereocenters. The summed E-state index contributed by atoms with van der Waals surface area (Å²) in [5, 5.41) is 0.829. The first-order chi connectivity index (χ1) is 7.61. The summed E-state index contributed by atoms with van der Waals surface area (Å²) in [6.45, 7) is 0. The second-order valence-electron chi connectivity index (χ2n) is 3.08. The van der Waals surface area contributed by atoms with E-state index >= 15 is 0 Å². The standard InChI is InChI=1S/C10H8O4S2.2Na.H2O/c11-15(12)9-5-1-3-7-8(9)4-2-6-10(7)16(13)14;;;/h1-6H,(H,11,12)(H,13,14);;;1H2/q;2*+1;/p-2. The van der Waals surface area contributed by atoms with Crippen LogP contribution in [0.1, 0.15) is 0 Å². The van der Waals surface area contributed by atoms with E-state index in [1.807, 2.05) is 0 Å². The van der Waals surface area contributed by atoms with Gasteiger partial charge in [0.25, 0.3) is 0 Å². The van der Waals surface area contributed by atoms with Gasteiger partial charge in [0, 0.05) is 9.79 Å². The first kappa shape index (κ1) is 22.2. The van der Waals surface area contributed by atoms with Crippen LogP contribution in [0.2, 0.25) is 0 Å². The molecule has 0 saturated carbocycles. The second-order valence-corrected chi connectivity index (χ2v) is 4.90. The van der Waals surface area contributed by atoms with Crippen molar-refractivity contribution in [1.29, 1.82) is 0 Å². The fraction of sp³-hybridized carbons (Fsp3) is 0. The van der Waals surface area contributed by atoms with E-state index in [9.17, 15) is 17.5 Å². The van der Waals surface area contributed by atoms with E-state index in [0.29, 0.717) is 10.8 Å². The van der Waals surface area contributed by atoms with E-state index in [1.165, 1.54) is 24.3 Å². The molecule has 0 aliphatic rings. The van der Waals surface area contributed by atoms with E-state index < -0.39 is 22.2 Å². The van der Waals surface area contributed by atoms with Crippen molar-refractivity contribution in [3.63, 3.8) is 0 Å². The van der Waals surface area contributed by atoms with Crippen LogP contribution >= 0.6 is 0 Å². The van der Waals surface area contributed by atoms with Gasteiger partial charge in [-0.1, -0.05) is 24.3 Å². The molecule has 0 radical (unpaired) electrons. The fourth-order valence-electron chi connectivity index (χ4n) is 1.54. The van der Waals surface area contributed by atoms with E-state index in [2.05, 4.69) is 0 Å². The topological polar surface area (TPSA) is 112 Å². The zero-order chi connectivity index (χ0) is 11.7. The van der Waals surface area contributed by atoms with Gasteiger partial charge in [0.05, 0.1) is 0 Å². The van der Waals surface area contributed by atoms with Gasteiger partial charge in [0.2, 0.25) is 0 Å². The largest absolute Gasteiger partial charge is 1.00 e. The van der Waals surface area contributed by atoms with E-state index in [1.54, 1.807) is 12.1 Å². The molecule has 0 aromatic heterocycles. The Morgan fingerprint density at radius 3 is 1.32 bits per heavy atom. The number of hydrogen-bond donors (Lipinski definition) is 0. The molecule has 92 valence electrons. The van der Waals surface area contributed by atoms with Gasteiger partial charge in [-0.3, -0.25) is 8.42 Å². The van der Waals surface area contributed by atoms with Crippen LogP contribution in [-0.2, 0) is 22.2 Å². The molecule has 2 N–H and O–H groups in total. The molecule has 19 heavy (non-hydrogen) atoms. The Labute approximate surface area is 159 Å². The first-order valence-corrected chi connectivity index (χ1v) is 6.46. The molecule has 9 heteroatoms. The number of benzene rings is 2. The molecular formula is C10H8Na2O5S2. The van der Waals surface area contributed by atoms with Crippen molar-refractivity contribution < 1.29 is 82.1 Å². The number of fused-ring (bicyclic) bond motifs is 1. The molecule has 2 aromatic carbocycles. The minimum Gasteiger partial charge on any atom is -0.768 e. The Morgan fingerprint density at radius 1 is 0.737 bits per heavy atom. The third-order valence-corrected chi connectivity index (χ3v) is 3.63. The summed E-state index contributed by atoms with van der Waals surface area (Å²) >= 11 is -4.75. The van der Waals surface area contributed by atoms with Crippen molar-refractivity contribution in [3.05, 3.63) is 36.4 Å². The maximum atomic E-state index is 10.9. The molecule has 0 saturated heterocycles. The van der Waals surface area contributed by atoms with Gasteiger partial charge in [-0.15, -0.1) is 0 Å². The monoisotopic (exact) mass is 318 g/mol. The summed E-state index contributed by atoms with van der Waals surface area (Å²) in [4.78, 5) is 0.203. The van der Waals surface area contributed by atoms with E-state index in [4.69, 9.17) is 0 Å². The van der Waals surface area contributed by atoms with Crippen molar-refractivity contribution in [3.8, 4) is 0 Å². The minimum atomic E-state index is -2.38. The number of hydrogen-bond acceptors (Lipinski definition) is 4. The maximum Gasteiger partial charge on any atom is 1.00 e. The van der Waals surface area contributed by atoms with Gasteiger partial charge in [-0.25, -0.2) is 0 Å². The molecule has 2 atom stereocenters. The summed E-state index contributed by atoms with van der Waals surface area (Å²) in [7, 11) is 0. The Kier molecular flexibility index (Phi) is 11.4. The molecule has 5 nitrogen and oxygen atoms in total. The molecule has 0 spiro atoms. The quantitative estimate of drug-likeness (QED) is 0.406. The molecule has 2 rings (SSSR count). The van der Waals surface area contributed by atoms with Crippen LogP contribution in [0.3, 0.4) is 0 Å². The van der Waals surface area contributed by atoms with E-state index in [-0.39, 0.29) is 74.4 Å². The Bertz CT molecular complexity index is 552. The van der Waals surface area contributed by atoms with Gasteiger partial charge in [0.15, 0.2) is 0 Å². The van der Waals surface area contributed by atoms with Crippen molar-refractivity contribution in [1.82, 2.24) is 0 Å². The van der Waals surface area contributed by atoms with Crippen LogP contribution in [0.25, 0.3) is 10.8 Å². The summed E-state index contributed by atoms with van der Waals surface area (Å²) in [6, 6.07) is 9.06. The molecule has 0 bridgehead atoms. The molecule has 0 amide bonds. The van der Waals surface area contributed by atoms with Gasteiger partial charge >= 0.3 is 59.1 Å². The third kappa shape index (κ3) is 4.98. The Hall–Kier alpha value is 0.880. The Balaban J connectivity index is 0. The zero-order valence-electron chi connectivity index (χ0n) is 10.4. The van der Waals surface area contributed by atoms with Crippen LogP contribution in [0, 0.1) is 0 Å². The van der Waals surface area contributed by atoms with Crippen molar-refractivity contribution >= 4 is 32.9 Å². The summed E-state index contributed by atoms with van der Waals surface area (Å²) in [6.07, 6.45) is 0. The molecule has 0 aliphatic heterocycles. The maximum absolute atomic E-state index is 10.9. The van der Waals surface area contributed by atoms with Crippen LogP contribution in [0.5, 0.6) is 0 Å². The fourth-order valence-corrected chi connectivity index (χ4v) is 2.64. The van der Waals surface area contributed by atoms with Crippen LogP contribution < -0.4 is 59.1 Å². The van der Waals surface area contributed by atoms with Crippen molar-refractivity contribution in [2.75, 3.05) is 0 Å². The molecule has 2 aromatic rings. The predicted octanol–water partition coefficient (Wildman–Crippen LogP) is -5.50. The molecule has 0 aliphatic carbocycles. The predicted molar refractivity (Wildman–Crippen MR) is 61.9 cm³/mol. The van der Waals surface area contributed by atoms with E-state index in [0.717, 1.165) is 0 Å². The van der Waals surface area contributed by atoms with Gasteiger partial charge in [-0.05, 0) is 45.1 Å². The molecule has 0 heterocycles. The van der Waals surface area contributed by atoms with Gasteiger partial charge < -0.3 is 14.6 Å². The van der Waals surface area contributed by atoms with Crippen molar-refractivity contribution in [2.45, 2.75) is 9.79 Å². The third-order valence-electron chi connectivity index (χ3n) is 2.20. The smallest absolute Gasteiger partial charge is 0.768 e. The summed E-state index contributed by atoms with van der Waals surface area (Å²) < 4.78 is 43.8. The minimum absolute atomic E-state index is 0. The first-order valence-electron chi connectivity index (χ1n) is 4.31. The second kappa shape index (κ2) is 9.75. The van der Waals surface area contributed by atoms with Gasteiger partial charge in [-0.2, -0.15) is 0 Å². The van der Waals surface area contributed by atoms with Crippen molar-refractivity contribution in [2.24, 2.45) is 0 Å². The van der Waals surface area contributed by atoms with Gasteiger partial charge in [0.1, 0.15) is 0 Å². The summed E-state index contributed by atoms with van der Waals surface area (Å²) in [5.74, 6) is 0. The average Bonchev–Trinajstić information content (AvgIpc) is 2.27. The summed E-state index contributed by atoms with van der Waals surface area (Å²) in [5.41, 5.74) is 0. The number of rotatable bonds is 2.